The average Bonchev–Trinajstić information content (AvgIpc) is 3.49. The summed E-state index contributed by atoms with van der Waals surface area (Å²) < 4.78 is 2.50. The summed E-state index contributed by atoms with van der Waals surface area (Å²) in [5.41, 5.74) is 17.2. The number of nitrogens with zero attached hydrogens (tertiary/aromatic N) is 1. The second kappa shape index (κ2) is 8.36. The fourth-order valence-electron chi connectivity index (χ4n) is 8.07. The molecule has 206 valence electrons. The van der Waals surface area contributed by atoms with Gasteiger partial charge in [0.1, 0.15) is 0 Å². The number of hydrogen-bond donors (Lipinski definition) is 0. The number of benzene rings is 6. The van der Waals surface area contributed by atoms with Crippen LogP contribution in [0.3, 0.4) is 0 Å². The van der Waals surface area contributed by atoms with Crippen molar-refractivity contribution in [2.45, 2.75) is 38.5 Å². The fraction of sp³-hybridized carbons (Fsp3) is 0.143. The van der Waals surface area contributed by atoms with Gasteiger partial charge in [-0.3, -0.25) is 0 Å². The van der Waals surface area contributed by atoms with Gasteiger partial charge in [0, 0.05) is 21.6 Å². The minimum Gasteiger partial charge on any atom is -0.309 e. The summed E-state index contributed by atoms with van der Waals surface area (Å²) in [5.74, 6) is 0. The Hall–Kier alpha value is -4.88. The Kier molecular flexibility index (Phi) is 4.80. The van der Waals surface area contributed by atoms with Gasteiger partial charge in [0.05, 0.1) is 16.7 Å². The fourth-order valence-corrected chi connectivity index (χ4v) is 8.07. The molecule has 0 N–H and O–H groups in total. The molecule has 0 saturated carbocycles. The maximum atomic E-state index is 2.50. The normalized spacial score (nSPS) is 15.3. The van der Waals surface area contributed by atoms with Crippen molar-refractivity contribution >= 4 is 21.8 Å². The molecule has 0 radical (unpaired) electrons. The molecule has 2 aliphatic rings. The van der Waals surface area contributed by atoms with Crippen LogP contribution in [-0.2, 0) is 10.8 Å². The van der Waals surface area contributed by atoms with Gasteiger partial charge in [-0.15, -0.1) is 0 Å². The third-order valence-electron chi connectivity index (χ3n) is 10.4. The van der Waals surface area contributed by atoms with Crippen molar-refractivity contribution in [3.63, 3.8) is 0 Å². The quantitative estimate of drug-likeness (QED) is 0.201. The van der Waals surface area contributed by atoms with E-state index in [1.807, 2.05) is 0 Å². The lowest BCUT2D eigenvalue weighted by Gasteiger charge is -2.34. The van der Waals surface area contributed by atoms with Crippen LogP contribution in [0.1, 0.15) is 49.9 Å². The van der Waals surface area contributed by atoms with Crippen LogP contribution in [0.4, 0.5) is 0 Å². The van der Waals surface area contributed by atoms with Crippen LogP contribution in [0.5, 0.6) is 0 Å². The minimum absolute atomic E-state index is 0.0513. The Balaban J connectivity index is 1.21. The molecule has 1 aromatic heterocycles. The molecule has 0 spiro atoms. The van der Waals surface area contributed by atoms with Crippen LogP contribution in [0, 0.1) is 0 Å². The first kappa shape index (κ1) is 24.7. The highest BCUT2D eigenvalue weighted by Gasteiger charge is 2.37. The van der Waals surface area contributed by atoms with Crippen LogP contribution in [0.25, 0.3) is 60.9 Å². The van der Waals surface area contributed by atoms with E-state index < -0.39 is 0 Å². The molecule has 1 aliphatic heterocycles. The van der Waals surface area contributed by atoms with E-state index in [4.69, 9.17) is 0 Å². The molecule has 7 aromatic rings. The minimum atomic E-state index is -0.0749. The topological polar surface area (TPSA) is 4.93 Å². The lowest BCUT2D eigenvalue weighted by Crippen LogP contribution is -2.26. The molecular formula is C42H33N. The molecule has 0 atom stereocenters. The Morgan fingerprint density at radius 3 is 1.74 bits per heavy atom. The van der Waals surface area contributed by atoms with E-state index in [0.29, 0.717) is 0 Å². The molecule has 1 aliphatic carbocycles. The smallest absolute Gasteiger partial charge is 0.0582 e. The van der Waals surface area contributed by atoms with Crippen LogP contribution < -0.4 is 0 Å². The molecule has 0 bridgehead atoms. The zero-order valence-electron chi connectivity index (χ0n) is 25.1. The van der Waals surface area contributed by atoms with Gasteiger partial charge in [-0.2, -0.15) is 0 Å². The summed E-state index contributed by atoms with van der Waals surface area (Å²) in [6.45, 7) is 9.48. The molecule has 1 heteroatoms. The molecule has 9 rings (SSSR count). The van der Waals surface area contributed by atoms with Gasteiger partial charge in [0.2, 0.25) is 0 Å². The van der Waals surface area contributed by atoms with Gasteiger partial charge in [0.25, 0.3) is 0 Å². The molecule has 43 heavy (non-hydrogen) atoms. The number of rotatable bonds is 2. The van der Waals surface area contributed by atoms with Crippen molar-refractivity contribution in [2.75, 3.05) is 0 Å². The van der Waals surface area contributed by atoms with E-state index in [1.54, 1.807) is 0 Å². The van der Waals surface area contributed by atoms with E-state index in [2.05, 4.69) is 160 Å². The predicted octanol–water partition coefficient (Wildman–Crippen LogP) is 11.1. The summed E-state index contributed by atoms with van der Waals surface area (Å²) in [4.78, 5) is 0. The first-order valence-corrected chi connectivity index (χ1v) is 15.4. The summed E-state index contributed by atoms with van der Waals surface area (Å²) >= 11 is 0. The second-order valence-electron chi connectivity index (χ2n) is 13.4. The standard InChI is InChI=1S/C42H33N/c1-41(2)34-14-8-9-16-39(34)43-38-22-19-27(23-33(38)32-13-10-15-35(41)40(32)43)29-18-21-31-30-20-17-28(26-11-6-5-7-12-26)24-36(30)42(3,4)37(31)25-29/h5-25H,1-4H3. The number of hydrogen-bond acceptors (Lipinski definition) is 0. The zero-order valence-corrected chi connectivity index (χ0v) is 25.1. The van der Waals surface area contributed by atoms with Crippen LogP contribution in [-0.4, -0.2) is 4.57 Å². The Labute approximate surface area is 253 Å². The monoisotopic (exact) mass is 551 g/mol. The van der Waals surface area contributed by atoms with E-state index in [9.17, 15) is 0 Å². The van der Waals surface area contributed by atoms with Gasteiger partial charge in [-0.25, -0.2) is 0 Å². The van der Waals surface area contributed by atoms with Crippen molar-refractivity contribution in [3.8, 4) is 39.1 Å². The molecule has 1 nitrogen and oxygen atoms in total. The SMILES string of the molecule is CC1(C)c2cc(-c3ccccc3)ccc2-c2ccc(-c3ccc4c(c3)c3cccc5c3n4-c3ccccc3C5(C)C)cc21. The molecule has 0 unspecified atom stereocenters. The van der Waals surface area contributed by atoms with E-state index >= 15 is 0 Å². The van der Waals surface area contributed by atoms with Gasteiger partial charge >= 0.3 is 0 Å². The average molecular weight is 552 g/mol. The van der Waals surface area contributed by atoms with Crippen LogP contribution in [0.15, 0.2) is 127 Å². The van der Waals surface area contributed by atoms with Gasteiger partial charge in [-0.1, -0.05) is 125 Å². The van der Waals surface area contributed by atoms with Crippen molar-refractivity contribution in [1.82, 2.24) is 4.57 Å². The highest BCUT2D eigenvalue weighted by Crippen LogP contribution is 2.51. The number of aromatic nitrogens is 1. The van der Waals surface area contributed by atoms with E-state index in [1.165, 1.54) is 83.1 Å². The first-order chi connectivity index (χ1) is 20.8. The van der Waals surface area contributed by atoms with Crippen molar-refractivity contribution in [1.29, 1.82) is 0 Å². The maximum Gasteiger partial charge on any atom is 0.0582 e. The van der Waals surface area contributed by atoms with Crippen molar-refractivity contribution < 1.29 is 0 Å². The summed E-state index contributed by atoms with van der Waals surface area (Å²) in [6, 6.07) is 47.7. The second-order valence-corrected chi connectivity index (χ2v) is 13.4. The largest absolute Gasteiger partial charge is 0.309 e. The molecular weight excluding hydrogens is 518 g/mol. The highest BCUT2D eigenvalue weighted by molar-refractivity contribution is 6.12. The third kappa shape index (κ3) is 3.23. The van der Waals surface area contributed by atoms with Gasteiger partial charge in [0.15, 0.2) is 0 Å². The van der Waals surface area contributed by atoms with Gasteiger partial charge < -0.3 is 4.57 Å². The zero-order chi connectivity index (χ0) is 29.1. The first-order valence-electron chi connectivity index (χ1n) is 15.4. The predicted molar refractivity (Wildman–Crippen MR) is 181 cm³/mol. The maximum absolute atomic E-state index is 2.50. The molecule has 2 heterocycles. The Morgan fingerprint density at radius 2 is 1.00 bits per heavy atom. The summed E-state index contributed by atoms with van der Waals surface area (Å²) in [7, 11) is 0. The highest BCUT2D eigenvalue weighted by atomic mass is 15.0. The molecule has 0 saturated heterocycles. The summed E-state index contributed by atoms with van der Waals surface area (Å²) in [6.07, 6.45) is 0. The number of para-hydroxylation sites is 2. The van der Waals surface area contributed by atoms with Crippen molar-refractivity contribution in [2.24, 2.45) is 0 Å². The van der Waals surface area contributed by atoms with Crippen LogP contribution in [0.2, 0.25) is 0 Å². The Bertz CT molecular complexity index is 2280. The molecule has 0 amide bonds. The lowest BCUT2D eigenvalue weighted by atomic mass is 9.75. The summed E-state index contributed by atoms with van der Waals surface area (Å²) in [5, 5.41) is 2.65. The van der Waals surface area contributed by atoms with Gasteiger partial charge in [-0.05, 0) is 86.0 Å². The number of fused-ring (bicyclic) bond motifs is 8. The Morgan fingerprint density at radius 1 is 0.419 bits per heavy atom. The lowest BCUT2D eigenvalue weighted by molar-refractivity contribution is 0.630. The molecule has 0 fully saturated rings. The van der Waals surface area contributed by atoms with E-state index in [0.717, 1.165) is 0 Å². The van der Waals surface area contributed by atoms with E-state index in [-0.39, 0.29) is 10.8 Å². The van der Waals surface area contributed by atoms with Crippen LogP contribution >= 0.6 is 0 Å². The van der Waals surface area contributed by atoms with Crippen molar-refractivity contribution in [3.05, 3.63) is 150 Å². The third-order valence-corrected chi connectivity index (χ3v) is 10.4. The molecule has 6 aromatic carbocycles.